The SMILES string of the molecule is CCCCCCCCOc1c2cc(S(=O)(=O)O)cc1Cc1cc(S(=O)(=O)O)cc(c1OCCCCCCCC)Cc1cc(S(=O)(=O)O)cc(c1OCCCCCCCC)Cc1cc(S(=O)(=O)O)cc(c1OCCCCCCCC)C2. The highest BCUT2D eigenvalue weighted by atomic mass is 32.2. The largest absolute Gasteiger partial charge is 0.493 e. The standard InChI is InChI=1S/C60H88O16S4/c1-5-9-13-17-21-25-29-73-57-45-33-47-39-54(78(64,65)66)41-49(58(47)74-30-26-22-18-14-10-6-2)35-51-43-56(80(70,71)72)44-52(60(51)76-32-28-24-20-16-12-8-4)36-50-42-55(79(67,68)69)40-48(34-46(57)38-53(37-45)77(61,62)63)59(50)75-31-27-23-19-15-11-7-3/h37-44H,5-36H2,1-4H3,(H,61,62,63)(H,64,65,66)(H,67,68,69)(H,70,71,72). The van der Waals surface area contributed by atoms with E-state index in [1.165, 1.54) is 48.5 Å². The molecule has 0 fully saturated rings. The van der Waals surface area contributed by atoms with E-state index < -0.39 is 60.1 Å². The van der Waals surface area contributed by atoms with E-state index in [0.717, 1.165) is 128 Å². The molecule has 0 saturated carbocycles. The van der Waals surface area contributed by atoms with Crippen molar-refractivity contribution >= 4 is 40.5 Å². The average molecular weight is 1190 g/mol. The van der Waals surface area contributed by atoms with Crippen LogP contribution in [0.2, 0.25) is 0 Å². The summed E-state index contributed by atoms with van der Waals surface area (Å²) in [5.74, 6) is 0.640. The highest BCUT2D eigenvalue weighted by Crippen LogP contribution is 2.43. The molecular weight excluding hydrogens is 1100 g/mol. The van der Waals surface area contributed by atoms with E-state index in [9.17, 15) is 51.9 Å². The van der Waals surface area contributed by atoms with Gasteiger partial charge in [0.25, 0.3) is 40.5 Å². The molecule has 8 bridgehead atoms. The Kier molecular flexibility index (Phi) is 27.1. The highest BCUT2D eigenvalue weighted by Gasteiger charge is 2.29. The molecule has 0 radical (unpaired) electrons. The van der Waals surface area contributed by atoms with Gasteiger partial charge in [-0.3, -0.25) is 18.2 Å². The Bertz CT molecular complexity index is 2570. The van der Waals surface area contributed by atoms with Crippen molar-refractivity contribution in [3.63, 3.8) is 0 Å². The quantitative estimate of drug-likeness (QED) is 0.0215. The number of unbranched alkanes of at least 4 members (excludes halogenated alkanes) is 20. The van der Waals surface area contributed by atoms with Crippen LogP contribution in [0.1, 0.15) is 226 Å². The van der Waals surface area contributed by atoms with Crippen molar-refractivity contribution in [2.75, 3.05) is 26.4 Å². The summed E-state index contributed by atoms with van der Waals surface area (Å²) in [6.07, 6.45) is 20.7. The van der Waals surface area contributed by atoms with Crippen molar-refractivity contribution in [1.82, 2.24) is 0 Å². The molecule has 4 N–H and O–H groups in total. The van der Waals surface area contributed by atoms with E-state index in [2.05, 4.69) is 27.7 Å². The lowest BCUT2D eigenvalue weighted by Gasteiger charge is -2.24. The van der Waals surface area contributed by atoms with Crippen molar-refractivity contribution in [3.8, 4) is 23.0 Å². The third-order valence-corrected chi connectivity index (χ3v) is 17.9. The number of fused-ring (bicyclic) bond motifs is 8. The summed E-state index contributed by atoms with van der Waals surface area (Å²) in [5.41, 5.74) is 1.30. The molecule has 5 rings (SSSR count). The van der Waals surface area contributed by atoms with Crippen LogP contribution in [0.5, 0.6) is 23.0 Å². The third-order valence-electron chi connectivity index (χ3n) is 14.6. The van der Waals surface area contributed by atoms with Gasteiger partial charge in [-0.2, -0.15) is 33.7 Å². The molecule has 1 aliphatic rings. The summed E-state index contributed by atoms with van der Waals surface area (Å²) in [6, 6.07) is 9.79. The van der Waals surface area contributed by atoms with Crippen LogP contribution in [0.4, 0.5) is 0 Å². The van der Waals surface area contributed by atoms with Gasteiger partial charge in [0.2, 0.25) is 0 Å². The van der Waals surface area contributed by atoms with Gasteiger partial charge in [-0.15, -0.1) is 0 Å². The molecule has 16 nitrogen and oxygen atoms in total. The highest BCUT2D eigenvalue weighted by molar-refractivity contribution is 7.86. The van der Waals surface area contributed by atoms with Gasteiger partial charge < -0.3 is 18.9 Å². The topological polar surface area (TPSA) is 254 Å². The maximum Gasteiger partial charge on any atom is 0.294 e. The molecule has 0 aromatic heterocycles. The molecule has 0 heterocycles. The average Bonchev–Trinajstić information content (AvgIpc) is 3.38. The lowest BCUT2D eigenvalue weighted by Crippen LogP contribution is -2.14. The maximum atomic E-state index is 13.4. The van der Waals surface area contributed by atoms with Crippen molar-refractivity contribution in [1.29, 1.82) is 0 Å². The van der Waals surface area contributed by atoms with Crippen LogP contribution in [0.15, 0.2) is 68.1 Å². The first-order valence-corrected chi connectivity index (χ1v) is 34.9. The predicted octanol–water partition coefficient (Wildman–Crippen LogP) is 14.3. The molecule has 0 unspecified atom stereocenters. The van der Waals surface area contributed by atoms with E-state index in [1.54, 1.807) is 0 Å². The fourth-order valence-corrected chi connectivity index (χ4v) is 12.7. The summed E-state index contributed by atoms with van der Waals surface area (Å²) >= 11 is 0. The lowest BCUT2D eigenvalue weighted by atomic mass is 9.91. The molecule has 0 amide bonds. The zero-order valence-electron chi connectivity index (χ0n) is 47.6. The van der Waals surface area contributed by atoms with Crippen molar-refractivity contribution in [2.45, 2.75) is 227 Å². The summed E-state index contributed by atoms with van der Waals surface area (Å²) in [6.45, 7) is 9.09. The second-order valence-electron chi connectivity index (χ2n) is 21.4. The first-order valence-electron chi connectivity index (χ1n) is 29.1. The molecule has 0 spiro atoms. The second kappa shape index (κ2) is 32.5. The van der Waals surface area contributed by atoms with Crippen molar-refractivity contribution < 1.29 is 70.8 Å². The molecule has 4 aromatic carbocycles. The zero-order valence-corrected chi connectivity index (χ0v) is 50.8. The van der Waals surface area contributed by atoms with Gasteiger partial charge in [0.05, 0.1) is 46.0 Å². The molecule has 448 valence electrons. The number of rotatable bonds is 36. The maximum absolute atomic E-state index is 13.4. The Balaban J connectivity index is 1.91. The molecule has 4 aromatic rings. The molecule has 0 atom stereocenters. The van der Waals surface area contributed by atoms with E-state index in [0.29, 0.717) is 25.7 Å². The smallest absolute Gasteiger partial charge is 0.294 e. The zero-order chi connectivity index (χ0) is 58.4. The molecule has 0 saturated heterocycles. The van der Waals surface area contributed by atoms with Gasteiger partial charge in [0, 0.05) is 70.2 Å². The normalized spacial score (nSPS) is 13.1. The minimum absolute atomic E-state index is 0.152. The molecule has 20 heteroatoms. The van der Waals surface area contributed by atoms with E-state index >= 15 is 0 Å². The Hall–Kier alpha value is -4.28. The van der Waals surface area contributed by atoms with Crippen LogP contribution < -0.4 is 18.9 Å². The Morgan fingerprint density at radius 2 is 0.425 bits per heavy atom. The van der Waals surface area contributed by atoms with Gasteiger partial charge in [-0.1, -0.05) is 156 Å². The van der Waals surface area contributed by atoms with Gasteiger partial charge in [0.15, 0.2) is 0 Å². The van der Waals surface area contributed by atoms with E-state index in [-0.39, 0.29) is 120 Å². The van der Waals surface area contributed by atoms with E-state index in [1.807, 2.05) is 0 Å². The van der Waals surface area contributed by atoms with Crippen molar-refractivity contribution in [3.05, 3.63) is 93.0 Å². The minimum atomic E-state index is -4.99. The number of benzene rings is 4. The summed E-state index contributed by atoms with van der Waals surface area (Å²) in [7, 11) is -20.0. The number of hydrogen-bond acceptors (Lipinski definition) is 12. The summed E-state index contributed by atoms with van der Waals surface area (Å²) < 4.78 is 177. The van der Waals surface area contributed by atoms with Gasteiger partial charge >= 0.3 is 0 Å². The summed E-state index contributed by atoms with van der Waals surface area (Å²) in [4.78, 5) is -2.18. The number of hydrogen-bond donors (Lipinski definition) is 4. The van der Waals surface area contributed by atoms with Crippen LogP contribution in [-0.2, 0) is 66.2 Å². The fourth-order valence-electron chi connectivity index (χ4n) is 10.3. The Morgan fingerprint density at radius 3 is 0.575 bits per heavy atom. The molecule has 80 heavy (non-hydrogen) atoms. The first kappa shape index (κ1) is 66.5. The Labute approximate surface area is 478 Å². The molecule has 1 aliphatic carbocycles. The summed E-state index contributed by atoms with van der Waals surface area (Å²) in [5, 5.41) is 0. The van der Waals surface area contributed by atoms with Crippen LogP contribution >= 0.6 is 0 Å². The van der Waals surface area contributed by atoms with Crippen LogP contribution in [0.3, 0.4) is 0 Å². The van der Waals surface area contributed by atoms with E-state index in [4.69, 9.17) is 18.9 Å². The Morgan fingerprint density at radius 1 is 0.275 bits per heavy atom. The van der Waals surface area contributed by atoms with Gasteiger partial charge in [-0.05, 0) is 74.2 Å². The van der Waals surface area contributed by atoms with Crippen LogP contribution in [-0.4, -0.2) is 78.3 Å². The molecule has 0 aliphatic heterocycles. The molecular formula is C60H88O16S4. The van der Waals surface area contributed by atoms with Gasteiger partial charge in [0.1, 0.15) is 23.0 Å². The fraction of sp³-hybridized carbons (Fsp3) is 0.600. The van der Waals surface area contributed by atoms with Crippen LogP contribution in [0, 0.1) is 0 Å². The predicted molar refractivity (Wildman–Crippen MR) is 312 cm³/mol. The third kappa shape index (κ3) is 21.2. The number of ether oxygens (including phenoxy) is 4. The van der Waals surface area contributed by atoms with Crippen molar-refractivity contribution in [2.24, 2.45) is 0 Å². The monoisotopic (exact) mass is 1190 g/mol. The van der Waals surface area contributed by atoms with Gasteiger partial charge in [-0.25, -0.2) is 0 Å². The second-order valence-corrected chi connectivity index (χ2v) is 27.0. The first-order chi connectivity index (χ1) is 38.1. The van der Waals surface area contributed by atoms with Crippen LogP contribution in [0.25, 0.3) is 0 Å². The minimum Gasteiger partial charge on any atom is -0.493 e. The lowest BCUT2D eigenvalue weighted by molar-refractivity contribution is 0.292.